The van der Waals surface area contributed by atoms with E-state index in [9.17, 15) is 0 Å². The first-order valence-corrected chi connectivity index (χ1v) is 14.6. The number of benzene rings is 4. The molecule has 2 N–H and O–H groups in total. The molecule has 0 bridgehead atoms. The van der Waals surface area contributed by atoms with E-state index in [1.807, 2.05) is 42.5 Å². The summed E-state index contributed by atoms with van der Waals surface area (Å²) in [6.07, 6.45) is 0. The average Bonchev–Trinajstić information content (AvgIpc) is 3.43. The van der Waals surface area contributed by atoms with Crippen molar-refractivity contribution in [2.45, 2.75) is 38.9 Å². The third kappa shape index (κ3) is 5.04. The number of nitrogens with zero attached hydrogens (tertiary/aromatic N) is 1. The molecular formula is C35H33BN2O2S. The first-order valence-electron chi connectivity index (χ1n) is 13.8. The Balaban J connectivity index is 1.42. The lowest BCUT2D eigenvalue weighted by Crippen LogP contribution is -2.41. The maximum Gasteiger partial charge on any atom is 0.496 e. The normalized spacial score (nSPS) is 16.3. The zero-order chi connectivity index (χ0) is 28.8. The second-order valence-corrected chi connectivity index (χ2v) is 12.4. The van der Waals surface area contributed by atoms with Crippen LogP contribution in [0.25, 0.3) is 26.9 Å². The molecule has 5 aromatic rings. The van der Waals surface area contributed by atoms with E-state index in [1.54, 1.807) is 11.3 Å². The highest BCUT2D eigenvalue weighted by molar-refractivity contribution is 7.23. The molecule has 0 atom stereocenters. The highest BCUT2D eigenvalue weighted by Crippen LogP contribution is 2.40. The van der Waals surface area contributed by atoms with Crippen molar-refractivity contribution in [1.29, 1.82) is 0 Å². The Bertz CT molecular complexity index is 1740. The van der Waals surface area contributed by atoms with Crippen molar-refractivity contribution in [2.75, 3.05) is 5.73 Å². The molecule has 0 unspecified atom stereocenters. The lowest BCUT2D eigenvalue weighted by molar-refractivity contribution is 0.00578. The quantitative estimate of drug-likeness (QED) is 0.171. The standard InChI is InChI=1S/C35H33BN2O2S/c1-23(24-19-21-26(22-20-24)25-13-8-6-9-14-25)38-31(27-15-10-7-11-16-27)33-30(37)28-17-12-18-29(32(28)41-33)36-39-34(2,3)35(4,5)40-36/h6-22H,1,37H2,2-5H3/b38-31-. The summed E-state index contributed by atoms with van der Waals surface area (Å²) in [5.74, 6) is 0. The van der Waals surface area contributed by atoms with Crippen molar-refractivity contribution >= 4 is 51.1 Å². The molecule has 6 rings (SSSR count). The smallest absolute Gasteiger partial charge is 0.399 e. The van der Waals surface area contributed by atoms with Gasteiger partial charge in [0.1, 0.15) is 0 Å². The molecule has 1 aliphatic heterocycles. The van der Waals surface area contributed by atoms with Crippen molar-refractivity contribution in [1.82, 2.24) is 0 Å². The minimum Gasteiger partial charge on any atom is -0.399 e. The highest BCUT2D eigenvalue weighted by atomic mass is 32.1. The van der Waals surface area contributed by atoms with E-state index in [0.717, 1.165) is 42.8 Å². The van der Waals surface area contributed by atoms with Crippen molar-refractivity contribution in [3.63, 3.8) is 0 Å². The topological polar surface area (TPSA) is 56.8 Å². The number of fused-ring (bicyclic) bond motifs is 1. The SMILES string of the molecule is C=C(/N=C(/c1ccccc1)c1sc2c(B3OC(C)(C)C(C)(C)O3)cccc2c1N)c1ccc(-c2ccccc2)cc1. The maximum absolute atomic E-state index is 6.87. The summed E-state index contributed by atoms with van der Waals surface area (Å²) >= 11 is 1.62. The molecule has 6 heteroatoms. The summed E-state index contributed by atoms with van der Waals surface area (Å²) < 4.78 is 13.9. The monoisotopic (exact) mass is 556 g/mol. The predicted octanol–water partition coefficient (Wildman–Crippen LogP) is 7.96. The van der Waals surface area contributed by atoms with Gasteiger partial charge >= 0.3 is 7.12 Å². The van der Waals surface area contributed by atoms with E-state index < -0.39 is 18.3 Å². The lowest BCUT2D eigenvalue weighted by atomic mass is 9.78. The number of aliphatic imine (C=N–C) groups is 1. The van der Waals surface area contributed by atoms with Gasteiger partial charge in [0.15, 0.2) is 0 Å². The Morgan fingerprint density at radius 2 is 1.32 bits per heavy atom. The van der Waals surface area contributed by atoms with Crippen LogP contribution < -0.4 is 11.2 Å². The minimum atomic E-state index is -0.482. The van der Waals surface area contributed by atoms with Crippen LogP contribution in [0.3, 0.4) is 0 Å². The van der Waals surface area contributed by atoms with Crippen LogP contribution in [-0.4, -0.2) is 24.0 Å². The fourth-order valence-electron chi connectivity index (χ4n) is 5.02. The predicted molar refractivity (Wildman–Crippen MR) is 175 cm³/mol. The summed E-state index contributed by atoms with van der Waals surface area (Å²) in [4.78, 5) is 6.01. The van der Waals surface area contributed by atoms with Crippen LogP contribution in [0, 0.1) is 0 Å². The summed E-state index contributed by atoms with van der Waals surface area (Å²) in [6, 6.07) is 35.0. The minimum absolute atomic E-state index is 0.435. The van der Waals surface area contributed by atoms with Crippen molar-refractivity contribution < 1.29 is 9.31 Å². The van der Waals surface area contributed by atoms with Crippen LogP contribution in [-0.2, 0) is 9.31 Å². The van der Waals surface area contributed by atoms with Gasteiger partial charge in [-0.3, -0.25) is 0 Å². The molecule has 41 heavy (non-hydrogen) atoms. The molecular weight excluding hydrogens is 523 g/mol. The van der Waals surface area contributed by atoms with Crippen LogP contribution in [0.4, 0.5) is 5.69 Å². The zero-order valence-electron chi connectivity index (χ0n) is 23.8. The third-order valence-electron chi connectivity index (χ3n) is 8.13. The molecule has 204 valence electrons. The highest BCUT2D eigenvalue weighted by Gasteiger charge is 2.52. The molecule has 4 aromatic carbocycles. The summed E-state index contributed by atoms with van der Waals surface area (Å²) in [7, 11) is -0.482. The first kappa shape index (κ1) is 27.2. The van der Waals surface area contributed by atoms with Gasteiger partial charge in [-0.05, 0) is 44.4 Å². The van der Waals surface area contributed by atoms with E-state index in [4.69, 9.17) is 20.0 Å². The van der Waals surface area contributed by atoms with Gasteiger partial charge in [-0.1, -0.05) is 110 Å². The van der Waals surface area contributed by atoms with E-state index in [1.165, 1.54) is 5.56 Å². The van der Waals surface area contributed by atoms with Crippen LogP contribution in [0.5, 0.6) is 0 Å². The molecule has 0 saturated carbocycles. The van der Waals surface area contributed by atoms with Gasteiger partial charge in [0.05, 0.1) is 33.2 Å². The molecule has 1 aromatic heterocycles. The lowest BCUT2D eigenvalue weighted by Gasteiger charge is -2.32. The van der Waals surface area contributed by atoms with Crippen LogP contribution in [0.2, 0.25) is 0 Å². The van der Waals surface area contributed by atoms with Crippen LogP contribution >= 0.6 is 11.3 Å². The fraction of sp³-hybridized carbons (Fsp3) is 0.171. The van der Waals surface area contributed by atoms with Crippen LogP contribution in [0.1, 0.15) is 43.7 Å². The molecule has 1 saturated heterocycles. The van der Waals surface area contributed by atoms with Gasteiger partial charge in [0, 0.05) is 21.1 Å². The maximum atomic E-state index is 6.87. The molecule has 1 aliphatic rings. The van der Waals surface area contributed by atoms with Gasteiger partial charge in [-0.2, -0.15) is 0 Å². The van der Waals surface area contributed by atoms with Crippen molar-refractivity contribution in [3.05, 3.63) is 126 Å². The van der Waals surface area contributed by atoms with E-state index >= 15 is 0 Å². The van der Waals surface area contributed by atoms with E-state index in [0.29, 0.717) is 11.4 Å². The molecule has 1 fully saturated rings. The Labute approximate surface area is 246 Å². The Kier molecular flexibility index (Phi) is 6.94. The number of anilines is 1. The Morgan fingerprint density at radius 1 is 0.732 bits per heavy atom. The van der Waals surface area contributed by atoms with E-state index in [-0.39, 0.29) is 0 Å². The molecule has 0 aliphatic carbocycles. The number of nitrogen functional groups attached to an aromatic ring is 1. The number of rotatable bonds is 6. The van der Waals surface area contributed by atoms with Gasteiger partial charge < -0.3 is 15.0 Å². The van der Waals surface area contributed by atoms with E-state index in [2.05, 4.69) is 94.9 Å². The summed E-state index contributed by atoms with van der Waals surface area (Å²) in [6.45, 7) is 12.6. The molecule has 4 nitrogen and oxygen atoms in total. The van der Waals surface area contributed by atoms with Gasteiger partial charge in [0.25, 0.3) is 0 Å². The average molecular weight is 557 g/mol. The Hall–Kier alpha value is -3.97. The molecule has 0 amide bonds. The summed E-state index contributed by atoms with van der Waals surface area (Å²) in [5.41, 5.74) is 13.4. The van der Waals surface area contributed by atoms with Gasteiger partial charge in [0.2, 0.25) is 0 Å². The van der Waals surface area contributed by atoms with Crippen LogP contribution in [0.15, 0.2) is 115 Å². The second kappa shape index (κ2) is 10.5. The number of thiophene rings is 1. The van der Waals surface area contributed by atoms with Gasteiger partial charge in [-0.25, -0.2) is 4.99 Å². The van der Waals surface area contributed by atoms with Crippen molar-refractivity contribution in [3.8, 4) is 11.1 Å². The van der Waals surface area contributed by atoms with Gasteiger partial charge in [-0.15, -0.1) is 11.3 Å². The third-order valence-corrected chi connectivity index (χ3v) is 9.40. The number of hydrogen-bond donors (Lipinski definition) is 1. The first-order chi connectivity index (χ1) is 19.6. The largest absolute Gasteiger partial charge is 0.496 e. The van der Waals surface area contributed by atoms with Crippen molar-refractivity contribution in [2.24, 2.45) is 4.99 Å². The molecule has 2 heterocycles. The number of hydrogen-bond acceptors (Lipinski definition) is 5. The molecule has 0 spiro atoms. The molecule has 0 radical (unpaired) electrons. The zero-order valence-corrected chi connectivity index (χ0v) is 24.7. The summed E-state index contributed by atoms with van der Waals surface area (Å²) in [5, 5.41) is 0.971. The second-order valence-electron chi connectivity index (χ2n) is 11.4. The Morgan fingerprint density at radius 3 is 1.95 bits per heavy atom. The fourth-order valence-corrected chi connectivity index (χ4v) is 6.27. The number of nitrogens with two attached hydrogens (primary N) is 1.